The summed E-state index contributed by atoms with van der Waals surface area (Å²) in [4.78, 5) is 25.2. The largest absolute Gasteiger partial charge is 0.481 e. The van der Waals surface area contributed by atoms with Crippen molar-refractivity contribution in [1.82, 2.24) is 0 Å². The SMILES string of the molecule is CC(C)=C[14CH2]OP(=O)(O)OP(=O)(O)O. The fourth-order valence-corrected chi connectivity index (χ4v) is 1.98. The molecule has 0 aromatic heterocycles. The van der Waals surface area contributed by atoms with Crippen LogP contribution in [-0.2, 0) is 18.0 Å². The second-order valence-corrected chi connectivity index (χ2v) is 5.45. The molecule has 0 saturated heterocycles. The molecular formula is C5H12O7P2. The number of phosphoric ester groups is 1. The Morgan fingerprint density at radius 2 is 1.79 bits per heavy atom. The molecule has 0 aliphatic rings. The van der Waals surface area contributed by atoms with E-state index in [-0.39, 0.29) is 6.61 Å². The highest BCUT2D eigenvalue weighted by atomic mass is 31.3. The van der Waals surface area contributed by atoms with E-state index in [9.17, 15) is 9.13 Å². The van der Waals surface area contributed by atoms with Crippen molar-refractivity contribution in [1.29, 1.82) is 0 Å². The summed E-state index contributed by atoms with van der Waals surface area (Å²) in [6.45, 7) is 3.21. The third kappa shape index (κ3) is 8.59. The van der Waals surface area contributed by atoms with Crippen molar-refractivity contribution in [3.8, 4) is 0 Å². The van der Waals surface area contributed by atoms with Crippen LogP contribution in [0, 0.1) is 0 Å². The molecule has 0 bridgehead atoms. The van der Waals surface area contributed by atoms with Gasteiger partial charge in [0.25, 0.3) is 0 Å². The molecule has 0 heterocycles. The first kappa shape index (κ1) is 14.0. The average Bonchev–Trinajstić information content (AvgIpc) is 1.78. The highest BCUT2D eigenvalue weighted by Gasteiger charge is 2.31. The van der Waals surface area contributed by atoms with Crippen molar-refractivity contribution >= 4 is 15.6 Å². The fraction of sp³-hybridized carbons (Fsp3) is 0.600. The van der Waals surface area contributed by atoms with Gasteiger partial charge in [-0.3, -0.25) is 4.52 Å². The molecule has 0 saturated carbocycles. The zero-order chi connectivity index (χ0) is 11.4. The van der Waals surface area contributed by atoms with Gasteiger partial charge in [-0.15, -0.1) is 0 Å². The van der Waals surface area contributed by atoms with Crippen LogP contribution in [-0.4, -0.2) is 21.3 Å². The van der Waals surface area contributed by atoms with Gasteiger partial charge in [0.2, 0.25) is 0 Å². The number of allylic oxidation sites excluding steroid dienone is 1. The van der Waals surface area contributed by atoms with Crippen LogP contribution >= 0.6 is 15.6 Å². The van der Waals surface area contributed by atoms with Gasteiger partial charge in [0.05, 0.1) is 6.61 Å². The molecule has 0 amide bonds. The standard InChI is InChI=1S/C5H12O7P2/c1-5(2)3-4-11-14(9,10)12-13(6,7)8/h3H,4H2,1-2H3,(H,9,10)(H2,6,7,8)/i4+2. The van der Waals surface area contributed by atoms with Crippen LogP contribution in [0.25, 0.3) is 0 Å². The lowest BCUT2D eigenvalue weighted by atomic mass is 10.4. The Kier molecular flexibility index (Phi) is 5.19. The molecule has 3 N–H and O–H groups in total. The van der Waals surface area contributed by atoms with E-state index >= 15 is 0 Å². The van der Waals surface area contributed by atoms with Crippen molar-refractivity contribution in [3.05, 3.63) is 11.6 Å². The molecule has 0 radical (unpaired) electrons. The van der Waals surface area contributed by atoms with Gasteiger partial charge in [0.15, 0.2) is 0 Å². The zero-order valence-electron chi connectivity index (χ0n) is 7.65. The third-order valence-electron chi connectivity index (χ3n) is 0.939. The van der Waals surface area contributed by atoms with E-state index in [1.54, 1.807) is 13.8 Å². The monoisotopic (exact) mass is 248 g/mol. The quantitative estimate of drug-likeness (QED) is 0.494. The van der Waals surface area contributed by atoms with Gasteiger partial charge in [0, 0.05) is 0 Å². The van der Waals surface area contributed by atoms with Crippen molar-refractivity contribution in [2.45, 2.75) is 13.8 Å². The molecule has 1 atom stereocenters. The third-order valence-corrected chi connectivity index (χ3v) is 3.09. The van der Waals surface area contributed by atoms with E-state index in [4.69, 9.17) is 14.7 Å². The Bertz CT molecular complexity index is 299. The Hall–Kier alpha value is -0.0000000000000000416. The minimum Gasteiger partial charge on any atom is -0.302 e. The molecule has 0 rings (SSSR count). The van der Waals surface area contributed by atoms with Gasteiger partial charge in [0.1, 0.15) is 0 Å². The molecule has 0 fully saturated rings. The fourth-order valence-electron chi connectivity index (χ4n) is 0.456. The summed E-state index contributed by atoms with van der Waals surface area (Å²) in [7, 11) is -9.69. The lowest BCUT2D eigenvalue weighted by Gasteiger charge is -2.10. The van der Waals surface area contributed by atoms with E-state index in [1.165, 1.54) is 6.08 Å². The first-order chi connectivity index (χ1) is 6.12. The van der Waals surface area contributed by atoms with Crippen molar-refractivity contribution in [2.24, 2.45) is 0 Å². The molecule has 1 unspecified atom stereocenters. The number of hydrogen-bond acceptors (Lipinski definition) is 4. The number of rotatable bonds is 5. The van der Waals surface area contributed by atoms with Gasteiger partial charge in [-0.2, -0.15) is 4.31 Å². The summed E-state index contributed by atoms with van der Waals surface area (Å²) < 4.78 is 28.8. The predicted octanol–water partition coefficient (Wildman–Crippen LogP) is 1.18. The highest BCUT2D eigenvalue weighted by molar-refractivity contribution is 7.60. The molecular weight excluding hydrogens is 236 g/mol. The first-order valence-electron chi connectivity index (χ1n) is 3.50. The van der Waals surface area contributed by atoms with Crippen LogP contribution in [0.4, 0.5) is 0 Å². The van der Waals surface area contributed by atoms with Gasteiger partial charge < -0.3 is 14.7 Å². The maximum atomic E-state index is 10.8. The van der Waals surface area contributed by atoms with Crippen molar-refractivity contribution in [2.75, 3.05) is 6.61 Å². The lowest BCUT2D eigenvalue weighted by molar-refractivity contribution is 0.191. The van der Waals surface area contributed by atoms with E-state index in [2.05, 4.69) is 8.83 Å². The summed E-state index contributed by atoms with van der Waals surface area (Å²) in [5.74, 6) is 0. The second-order valence-electron chi connectivity index (χ2n) is 2.62. The van der Waals surface area contributed by atoms with Crippen LogP contribution in [0.3, 0.4) is 0 Å². The Balaban J connectivity index is 4.17. The summed E-state index contributed by atoms with van der Waals surface area (Å²) in [5, 5.41) is 0. The first-order valence-corrected chi connectivity index (χ1v) is 6.52. The second kappa shape index (κ2) is 5.19. The van der Waals surface area contributed by atoms with Crippen LogP contribution in [0.5, 0.6) is 0 Å². The molecule has 0 aliphatic carbocycles. The van der Waals surface area contributed by atoms with Gasteiger partial charge in [-0.25, -0.2) is 9.13 Å². The van der Waals surface area contributed by atoms with E-state index in [0.29, 0.717) is 0 Å². The van der Waals surface area contributed by atoms with Gasteiger partial charge in [-0.05, 0) is 13.8 Å². The predicted molar refractivity (Wildman–Crippen MR) is 48.3 cm³/mol. The molecule has 14 heavy (non-hydrogen) atoms. The van der Waals surface area contributed by atoms with Gasteiger partial charge in [-0.1, -0.05) is 11.6 Å². The lowest BCUT2D eigenvalue weighted by Crippen LogP contribution is -1.94. The maximum Gasteiger partial charge on any atom is 0.481 e. The van der Waals surface area contributed by atoms with Crippen LogP contribution in [0.2, 0.25) is 0 Å². The summed E-state index contributed by atoms with van der Waals surface area (Å²) in [6, 6.07) is 0. The molecule has 7 nitrogen and oxygen atoms in total. The highest BCUT2D eigenvalue weighted by Crippen LogP contribution is 2.57. The number of phosphoric acid groups is 2. The minimum atomic E-state index is -5.01. The van der Waals surface area contributed by atoms with E-state index < -0.39 is 15.6 Å². The average molecular weight is 248 g/mol. The molecule has 0 aromatic carbocycles. The Morgan fingerprint density at radius 3 is 2.14 bits per heavy atom. The molecule has 0 aliphatic heterocycles. The maximum absolute atomic E-state index is 10.8. The summed E-state index contributed by atoms with van der Waals surface area (Å²) in [5.41, 5.74) is 0.834. The van der Waals surface area contributed by atoms with Crippen LogP contribution in [0.1, 0.15) is 13.8 Å². The normalized spacial score (nSPS) is 16.1. The topological polar surface area (TPSA) is 113 Å². The smallest absolute Gasteiger partial charge is 0.302 e. The molecule has 0 aromatic rings. The Labute approximate surface area is 81.2 Å². The minimum absolute atomic E-state index is 0.254. The van der Waals surface area contributed by atoms with E-state index in [0.717, 1.165) is 5.57 Å². The molecule has 84 valence electrons. The zero-order valence-corrected chi connectivity index (χ0v) is 9.44. The van der Waals surface area contributed by atoms with Crippen LogP contribution < -0.4 is 0 Å². The molecule has 0 spiro atoms. The number of hydrogen-bond donors (Lipinski definition) is 3. The van der Waals surface area contributed by atoms with E-state index in [1.807, 2.05) is 0 Å². The van der Waals surface area contributed by atoms with Crippen LogP contribution in [0.15, 0.2) is 11.6 Å². The van der Waals surface area contributed by atoms with Crippen molar-refractivity contribution < 1.29 is 32.6 Å². The van der Waals surface area contributed by atoms with Crippen molar-refractivity contribution in [3.63, 3.8) is 0 Å². The Morgan fingerprint density at radius 1 is 1.29 bits per heavy atom. The summed E-state index contributed by atoms with van der Waals surface area (Å²) in [6.07, 6.45) is 1.46. The molecule has 9 heteroatoms. The van der Waals surface area contributed by atoms with Gasteiger partial charge >= 0.3 is 15.6 Å². The summed E-state index contributed by atoms with van der Waals surface area (Å²) >= 11 is 0.